The molecule has 0 bridgehead atoms. The molecule has 0 radical (unpaired) electrons. The van der Waals surface area contributed by atoms with Gasteiger partial charge in [-0.2, -0.15) is 0 Å². The predicted molar refractivity (Wildman–Crippen MR) is 103 cm³/mol. The molecule has 4 fully saturated rings. The van der Waals surface area contributed by atoms with Crippen molar-refractivity contribution in [1.82, 2.24) is 0 Å². The van der Waals surface area contributed by atoms with Crippen molar-refractivity contribution in [2.75, 3.05) is 0 Å². The van der Waals surface area contributed by atoms with E-state index in [1.165, 1.54) is 26.2 Å². The summed E-state index contributed by atoms with van der Waals surface area (Å²) in [6.07, 6.45) is 8.99. The van der Waals surface area contributed by atoms with E-state index in [4.69, 9.17) is 4.74 Å². The number of rotatable bonds is 2. The second kappa shape index (κ2) is 6.30. The minimum Gasteiger partial charge on any atom is -0.451 e. The molecule has 152 valence electrons. The van der Waals surface area contributed by atoms with Gasteiger partial charge in [-0.3, -0.25) is 9.59 Å². The summed E-state index contributed by atoms with van der Waals surface area (Å²) in [5.74, 6) is 2.17. The van der Waals surface area contributed by atoms with Crippen LogP contribution < -0.4 is 0 Å². The maximum atomic E-state index is 12.4. The van der Waals surface area contributed by atoms with Crippen LogP contribution in [0.1, 0.15) is 85.5 Å². The van der Waals surface area contributed by atoms with Crippen LogP contribution in [0.3, 0.4) is 0 Å². The molecule has 0 amide bonds. The van der Waals surface area contributed by atoms with E-state index in [2.05, 4.69) is 13.8 Å². The molecule has 0 aliphatic heterocycles. The average molecular weight is 377 g/mol. The zero-order valence-corrected chi connectivity index (χ0v) is 17.4. The van der Waals surface area contributed by atoms with Gasteiger partial charge in [0.2, 0.25) is 0 Å². The molecule has 27 heavy (non-hydrogen) atoms. The highest BCUT2D eigenvalue weighted by Crippen LogP contribution is 2.67. The number of aliphatic hydroxyl groups is 1. The van der Waals surface area contributed by atoms with E-state index in [1.807, 2.05) is 0 Å². The molecular weight excluding hydrogens is 340 g/mol. The van der Waals surface area contributed by atoms with Crippen LogP contribution >= 0.6 is 0 Å². The number of hydrogen-bond donors (Lipinski definition) is 1. The highest BCUT2D eigenvalue weighted by Gasteiger charge is 2.62. The summed E-state index contributed by atoms with van der Waals surface area (Å²) in [6, 6.07) is 0. The summed E-state index contributed by atoms with van der Waals surface area (Å²) in [5, 5.41) is 10.6. The third-order valence-electron chi connectivity index (χ3n) is 9.64. The third-order valence-corrected chi connectivity index (χ3v) is 9.64. The zero-order chi connectivity index (χ0) is 19.6. The lowest BCUT2D eigenvalue weighted by atomic mass is 9.44. The van der Waals surface area contributed by atoms with Gasteiger partial charge in [0.05, 0.1) is 6.10 Å². The molecule has 0 aromatic heterocycles. The maximum absolute atomic E-state index is 12.4. The van der Waals surface area contributed by atoms with Gasteiger partial charge in [-0.25, -0.2) is 0 Å². The Morgan fingerprint density at radius 2 is 1.59 bits per heavy atom. The molecule has 4 rings (SSSR count). The first-order chi connectivity index (χ1) is 12.6. The molecule has 4 aliphatic carbocycles. The standard InChI is InChI=1S/C23H36O4/c1-14(24)23(27-15(2)25)12-11-21(3)16(13-23)5-6-17-18-7-8-20(26)22(18,4)10-9-19(17)21/h16-20,26H,5-13H2,1-4H3/t16?,17-,18-,19-,20?,21-,22-,23?/m0/s1. The first-order valence-corrected chi connectivity index (χ1v) is 11.0. The third kappa shape index (κ3) is 2.73. The van der Waals surface area contributed by atoms with Crippen molar-refractivity contribution in [2.24, 2.45) is 34.5 Å². The van der Waals surface area contributed by atoms with Crippen LogP contribution in [0.2, 0.25) is 0 Å². The topological polar surface area (TPSA) is 63.6 Å². The fourth-order valence-corrected chi connectivity index (χ4v) is 7.96. The Labute approximate surface area is 163 Å². The van der Waals surface area contributed by atoms with Gasteiger partial charge in [0, 0.05) is 6.92 Å². The Kier molecular flexibility index (Phi) is 4.53. The van der Waals surface area contributed by atoms with Crippen molar-refractivity contribution in [3.8, 4) is 0 Å². The number of carbonyl (C=O) groups is 2. The zero-order valence-electron chi connectivity index (χ0n) is 17.4. The van der Waals surface area contributed by atoms with Crippen molar-refractivity contribution in [2.45, 2.75) is 97.2 Å². The van der Waals surface area contributed by atoms with Crippen molar-refractivity contribution in [1.29, 1.82) is 0 Å². The number of Topliss-reactive ketones (excluding diaryl/α,β-unsaturated/α-hetero) is 1. The van der Waals surface area contributed by atoms with Gasteiger partial charge in [-0.1, -0.05) is 13.8 Å². The van der Waals surface area contributed by atoms with Crippen molar-refractivity contribution in [3.05, 3.63) is 0 Å². The molecule has 4 heteroatoms. The van der Waals surface area contributed by atoms with Gasteiger partial charge >= 0.3 is 5.97 Å². The summed E-state index contributed by atoms with van der Waals surface area (Å²) in [5.41, 5.74) is -0.549. The number of ether oxygens (including phenoxy) is 1. The minimum atomic E-state index is -0.893. The predicted octanol–water partition coefficient (Wildman–Crippen LogP) is 4.28. The molecule has 4 saturated carbocycles. The molecule has 4 aliphatic rings. The van der Waals surface area contributed by atoms with E-state index in [0.717, 1.165) is 25.7 Å². The van der Waals surface area contributed by atoms with Crippen LogP contribution in [0, 0.1) is 34.5 Å². The van der Waals surface area contributed by atoms with Crippen LogP contribution in [0.15, 0.2) is 0 Å². The quantitative estimate of drug-likeness (QED) is 0.731. The van der Waals surface area contributed by atoms with Crippen LogP contribution in [-0.4, -0.2) is 28.6 Å². The van der Waals surface area contributed by atoms with Crippen LogP contribution in [0.25, 0.3) is 0 Å². The average Bonchev–Trinajstić information content (AvgIpc) is 2.90. The van der Waals surface area contributed by atoms with Crippen LogP contribution in [0.4, 0.5) is 0 Å². The lowest BCUT2D eigenvalue weighted by Gasteiger charge is -2.61. The Balaban J connectivity index is 1.59. The molecule has 0 saturated heterocycles. The normalized spacial score (nSPS) is 51.7. The van der Waals surface area contributed by atoms with E-state index in [-0.39, 0.29) is 28.7 Å². The number of ketones is 1. The van der Waals surface area contributed by atoms with Gasteiger partial charge in [0.15, 0.2) is 11.4 Å². The fraction of sp³-hybridized carbons (Fsp3) is 0.913. The lowest BCUT2D eigenvalue weighted by Crippen LogP contribution is -2.58. The van der Waals surface area contributed by atoms with E-state index in [0.29, 0.717) is 36.5 Å². The van der Waals surface area contributed by atoms with E-state index >= 15 is 0 Å². The number of aliphatic hydroxyl groups excluding tert-OH is 1. The Hall–Kier alpha value is -0.900. The van der Waals surface area contributed by atoms with Crippen LogP contribution in [-0.2, 0) is 14.3 Å². The Bertz CT molecular complexity index is 644. The summed E-state index contributed by atoms with van der Waals surface area (Å²) in [7, 11) is 0. The maximum Gasteiger partial charge on any atom is 0.303 e. The molecule has 8 atom stereocenters. The number of hydrogen-bond acceptors (Lipinski definition) is 4. The van der Waals surface area contributed by atoms with E-state index < -0.39 is 5.60 Å². The largest absolute Gasteiger partial charge is 0.451 e. The number of carbonyl (C=O) groups excluding carboxylic acids is 2. The van der Waals surface area contributed by atoms with Crippen molar-refractivity contribution < 1.29 is 19.4 Å². The summed E-state index contributed by atoms with van der Waals surface area (Å²) >= 11 is 0. The van der Waals surface area contributed by atoms with Gasteiger partial charge in [0.1, 0.15) is 0 Å². The first-order valence-electron chi connectivity index (χ1n) is 11.0. The van der Waals surface area contributed by atoms with Crippen LogP contribution in [0.5, 0.6) is 0 Å². The molecule has 1 N–H and O–H groups in total. The van der Waals surface area contributed by atoms with Crippen molar-refractivity contribution >= 4 is 11.8 Å². The highest BCUT2D eigenvalue weighted by atomic mass is 16.6. The van der Waals surface area contributed by atoms with Gasteiger partial charge < -0.3 is 9.84 Å². The summed E-state index contributed by atoms with van der Waals surface area (Å²) < 4.78 is 5.65. The number of fused-ring (bicyclic) bond motifs is 5. The molecule has 3 unspecified atom stereocenters. The second-order valence-electron chi connectivity index (χ2n) is 10.6. The fourth-order valence-electron chi connectivity index (χ4n) is 7.96. The molecule has 0 aromatic rings. The highest BCUT2D eigenvalue weighted by molar-refractivity contribution is 5.87. The molecule has 4 nitrogen and oxygen atoms in total. The van der Waals surface area contributed by atoms with Gasteiger partial charge in [-0.05, 0) is 99.2 Å². The van der Waals surface area contributed by atoms with E-state index in [1.54, 1.807) is 6.92 Å². The smallest absolute Gasteiger partial charge is 0.303 e. The van der Waals surface area contributed by atoms with Gasteiger partial charge in [0.25, 0.3) is 0 Å². The summed E-state index contributed by atoms with van der Waals surface area (Å²) in [6.45, 7) is 7.77. The second-order valence-corrected chi connectivity index (χ2v) is 10.6. The van der Waals surface area contributed by atoms with Crippen molar-refractivity contribution in [3.63, 3.8) is 0 Å². The molecule has 0 spiro atoms. The SMILES string of the molecule is CC(=O)OC1(C(C)=O)CC[C@@]2(C)C(CC[C@@H]3[C@@H]2CC[C@]2(C)C(O)CC[C@@H]32)C1. The lowest BCUT2D eigenvalue weighted by molar-refractivity contribution is -0.187. The monoisotopic (exact) mass is 376 g/mol. The minimum absolute atomic E-state index is 0.0111. The summed E-state index contributed by atoms with van der Waals surface area (Å²) in [4.78, 5) is 24.1. The molecule has 0 heterocycles. The van der Waals surface area contributed by atoms with Gasteiger partial charge in [-0.15, -0.1) is 0 Å². The first kappa shape index (κ1) is 19.4. The Morgan fingerprint density at radius 1 is 0.889 bits per heavy atom. The number of esters is 1. The Morgan fingerprint density at radius 3 is 2.26 bits per heavy atom. The molecular formula is C23H36O4. The molecule has 0 aromatic carbocycles. The van der Waals surface area contributed by atoms with E-state index in [9.17, 15) is 14.7 Å².